The van der Waals surface area contributed by atoms with E-state index in [0.717, 1.165) is 6.42 Å². The van der Waals surface area contributed by atoms with Crippen molar-refractivity contribution in [3.63, 3.8) is 0 Å². The Kier molecular flexibility index (Phi) is 3.78. The minimum Gasteiger partial charge on any atom is -0.395 e. The molecule has 1 aliphatic heterocycles. The van der Waals surface area contributed by atoms with E-state index in [9.17, 15) is 13.2 Å². The van der Waals surface area contributed by atoms with E-state index in [1.165, 1.54) is 0 Å². The third-order valence-electron chi connectivity index (χ3n) is 2.87. The first-order chi connectivity index (χ1) is 6.44. The van der Waals surface area contributed by atoms with E-state index in [4.69, 9.17) is 5.11 Å². The summed E-state index contributed by atoms with van der Waals surface area (Å²) in [6.45, 7) is 2.61. The molecule has 2 unspecified atom stereocenters. The molecule has 0 amide bonds. The molecule has 1 heterocycles. The van der Waals surface area contributed by atoms with Crippen LogP contribution in [0.2, 0.25) is 0 Å². The highest BCUT2D eigenvalue weighted by Gasteiger charge is 2.34. The largest absolute Gasteiger partial charge is 0.395 e. The summed E-state index contributed by atoms with van der Waals surface area (Å²) in [5, 5.41) is 9.01. The second-order valence-corrected chi connectivity index (χ2v) is 3.92. The topological polar surface area (TPSA) is 23.5 Å². The zero-order valence-corrected chi connectivity index (χ0v) is 8.22. The van der Waals surface area contributed by atoms with Crippen LogP contribution in [0, 0.1) is 5.92 Å². The Bertz CT molecular complexity index is 183. The van der Waals surface area contributed by atoms with Crippen LogP contribution in [-0.4, -0.2) is 41.9 Å². The number of hydrogen-bond acceptors (Lipinski definition) is 2. The fourth-order valence-electron chi connectivity index (χ4n) is 1.93. The number of hydrogen-bond donors (Lipinski definition) is 1. The van der Waals surface area contributed by atoms with Crippen LogP contribution in [0.3, 0.4) is 0 Å². The Labute approximate surface area is 81.7 Å². The van der Waals surface area contributed by atoms with Gasteiger partial charge >= 0.3 is 6.18 Å². The summed E-state index contributed by atoms with van der Waals surface area (Å²) >= 11 is 0. The van der Waals surface area contributed by atoms with Gasteiger partial charge in [-0.25, -0.2) is 0 Å². The molecule has 0 spiro atoms. The van der Waals surface area contributed by atoms with E-state index in [-0.39, 0.29) is 19.2 Å². The predicted octanol–water partition coefficient (Wildman–Crippen LogP) is 1.64. The summed E-state index contributed by atoms with van der Waals surface area (Å²) in [5.41, 5.74) is 0. The second kappa shape index (κ2) is 4.49. The fraction of sp³-hybridized carbons (Fsp3) is 1.00. The molecule has 1 saturated heterocycles. The summed E-state index contributed by atoms with van der Waals surface area (Å²) < 4.78 is 35.8. The van der Waals surface area contributed by atoms with Gasteiger partial charge in [0.15, 0.2) is 0 Å². The average molecular weight is 211 g/mol. The molecule has 84 valence electrons. The maximum absolute atomic E-state index is 11.9. The molecular weight excluding hydrogens is 195 g/mol. The highest BCUT2D eigenvalue weighted by Crippen LogP contribution is 2.26. The van der Waals surface area contributed by atoms with Crippen LogP contribution in [0.1, 0.15) is 19.8 Å². The van der Waals surface area contributed by atoms with E-state index < -0.39 is 12.6 Å². The predicted molar refractivity (Wildman–Crippen MR) is 46.9 cm³/mol. The third-order valence-corrected chi connectivity index (χ3v) is 2.87. The average Bonchev–Trinajstić information content (AvgIpc) is 2.41. The molecule has 2 nitrogen and oxygen atoms in total. The molecule has 0 bridgehead atoms. The van der Waals surface area contributed by atoms with Crippen molar-refractivity contribution in [2.24, 2.45) is 5.92 Å². The zero-order chi connectivity index (χ0) is 10.8. The molecule has 0 aromatic heterocycles. The van der Waals surface area contributed by atoms with Gasteiger partial charge < -0.3 is 5.11 Å². The van der Waals surface area contributed by atoms with Crippen LogP contribution in [0.25, 0.3) is 0 Å². The molecule has 1 N–H and O–H groups in total. The normalized spacial score (nSPS) is 29.8. The summed E-state index contributed by atoms with van der Waals surface area (Å²) in [5.74, 6) is 0.299. The molecular formula is C9H16F3NO. The van der Waals surface area contributed by atoms with Crippen molar-refractivity contribution in [2.45, 2.75) is 32.0 Å². The molecule has 0 aromatic rings. The van der Waals surface area contributed by atoms with Gasteiger partial charge in [0.25, 0.3) is 0 Å². The highest BCUT2D eigenvalue weighted by molar-refractivity contribution is 4.84. The Hall–Kier alpha value is -0.290. The number of aliphatic hydroxyl groups excluding tert-OH is 1. The maximum atomic E-state index is 11.9. The number of halogens is 3. The molecule has 0 saturated carbocycles. The van der Waals surface area contributed by atoms with Gasteiger partial charge in [0.1, 0.15) is 0 Å². The minimum absolute atomic E-state index is 0.0130. The van der Waals surface area contributed by atoms with Crippen molar-refractivity contribution in [1.29, 1.82) is 0 Å². The minimum atomic E-state index is -4.09. The molecule has 0 aromatic carbocycles. The summed E-state index contributed by atoms with van der Waals surface area (Å²) in [7, 11) is 0. The van der Waals surface area contributed by atoms with Crippen LogP contribution in [0.4, 0.5) is 13.2 Å². The van der Waals surface area contributed by atoms with Crippen molar-refractivity contribution >= 4 is 0 Å². The summed E-state index contributed by atoms with van der Waals surface area (Å²) in [4.78, 5) is 1.73. The van der Waals surface area contributed by atoms with Crippen molar-refractivity contribution in [1.82, 2.24) is 4.90 Å². The lowest BCUT2D eigenvalue weighted by Crippen LogP contribution is -2.37. The van der Waals surface area contributed by atoms with Crippen LogP contribution >= 0.6 is 0 Å². The Morgan fingerprint density at radius 2 is 2.07 bits per heavy atom. The van der Waals surface area contributed by atoms with Crippen LogP contribution in [0.5, 0.6) is 0 Å². The Morgan fingerprint density at radius 3 is 2.57 bits per heavy atom. The van der Waals surface area contributed by atoms with Crippen LogP contribution in [-0.2, 0) is 0 Å². The first-order valence-corrected chi connectivity index (χ1v) is 4.85. The third kappa shape index (κ3) is 3.13. The lowest BCUT2D eigenvalue weighted by Gasteiger charge is -2.25. The van der Waals surface area contributed by atoms with Gasteiger partial charge in [-0.15, -0.1) is 0 Å². The number of aliphatic hydroxyl groups is 1. The van der Waals surface area contributed by atoms with E-state index in [1.54, 1.807) is 4.90 Å². The van der Waals surface area contributed by atoms with E-state index in [2.05, 4.69) is 0 Å². The monoisotopic (exact) mass is 211 g/mol. The molecule has 0 aliphatic carbocycles. The van der Waals surface area contributed by atoms with Gasteiger partial charge in [-0.1, -0.05) is 6.92 Å². The van der Waals surface area contributed by atoms with Crippen LogP contribution < -0.4 is 0 Å². The summed E-state index contributed by atoms with van der Waals surface area (Å²) in [6, 6.07) is -0.0858. The van der Waals surface area contributed by atoms with Gasteiger partial charge in [0.05, 0.1) is 13.0 Å². The number of nitrogens with zero attached hydrogens (tertiary/aromatic N) is 1. The van der Waals surface area contributed by atoms with Gasteiger partial charge in [0, 0.05) is 12.6 Å². The fourth-order valence-corrected chi connectivity index (χ4v) is 1.93. The van der Waals surface area contributed by atoms with Gasteiger partial charge in [-0.3, -0.25) is 4.90 Å². The molecule has 0 radical (unpaired) electrons. The van der Waals surface area contributed by atoms with Gasteiger partial charge in [0.2, 0.25) is 0 Å². The lowest BCUT2D eigenvalue weighted by molar-refractivity contribution is -0.138. The first kappa shape index (κ1) is 11.8. The maximum Gasteiger partial charge on any atom is 0.390 e. The quantitative estimate of drug-likeness (QED) is 0.767. The Balaban J connectivity index is 2.38. The van der Waals surface area contributed by atoms with Gasteiger partial charge in [-0.05, 0) is 18.9 Å². The molecule has 1 fully saturated rings. The molecule has 5 heteroatoms. The Morgan fingerprint density at radius 1 is 1.43 bits per heavy atom. The number of alkyl halides is 3. The zero-order valence-electron chi connectivity index (χ0n) is 8.22. The number of likely N-dealkylation sites (tertiary alicyclic amines) is 1. The number of rotatable bonds is 3. The van der Waals surface area contributed by atoms with E-state index in [1.807, 2.05) is 6.92 Å². The standard InChI is InChI=1S/C9H16F3NO/c1-7-2-4-13(8(7)6-14)5-3-9(10,11)12/h7-8,14H,2-6H2,1H3. The van der Waals surface area contributed by atoms with Crippen molar-refractivity contribution in [2.75, 3.05) is 19.7 Å². The highest BCUT2D eigenvalue weighted by atomic mass is 19.4. The van der Waals surface area contributed by atoms with Crippen molar-refractivity contribution in [3.05, 3.63) is 0 Å². The van der Waals surface area contributed by atoms with Gasteiger partial charge in [-0.2, -0.15) is 13.2 Å². The SMILES string of the molecule is CC1CCN(CCC(F)(F)F)C1CO. The second-order valence-electron chi connectivity index (χ2n) is 3.92. The van der Waals surface area contributed by atoms with Crippen molar-refractivity contribution < 1.29 is 18.3 Å². The smallest absolute Gasteiger partial charge is 0.390 e. The van der Waals surface area contributed by atoms with E-state index >= 15 is 0 Å². The first-order valence-electron chi connectivity index (χ1n) is 4.85. The van der Waals surface area contributed by atoms with E-state index in [0.29, 0.717) is 12.5 Å². The van der Waals surface area contributed by atoms with Crippen LogP contribution in [0.15, 0.2) is 0 Å². The van der Waals surface area contributed by atoms with Crippen molar-refractivity contribution in [3.8, 4) is 0 Å². The molecule has 1 aliphatic rings. The lowest BCUT2D eigenvalue weighted by atomic mass is 10.0. The summed E-state index contributed by atoms with van der Waals surface area (Å²) in [6.07, 6.45) is -3.99. The molecule has 14 heavy (non-hydrogen) atoms. The molecule has 1 rings (SSSR count). The molecule has 2 atom stereocenters.